The second-order valence-electron chi connectivity index (χ2n) is 9.95. The average molecular weight is 510 g/mol. The number of pyridine rings is 1. The fraction of sp³-hybridized carbons (Fsp3) is 0.118. The van der Waals surface area contributed by atoms with E-state index >= 15 is 0 Å². The Morgan fingerprint density at radius 3 is 2.34 bits per heavy atom. The SMILES string of the molecule is Cc1ccc2c(oc3c(-c4ccc(C5Cc6ccccc6S5)cc4)c(C#N)ccc32)c1-c1cccc[n+]1C. The molecule has 0 radical (unpaired) electrons. The molecule has 0 amide bonds. The lowest BCUT2D eigenvalue weighted by molar-refractivity contribution is -0.660. The summed E-state index contributed by atoms with van der Waals surface area (Å²) in [4.78, 5) is 1.37. The molecule has 4 heteroatoms. The zero-order valence-electron chi connectivity index (χ0n) is 21.2. The van der Waals surface area contributed by atoms with Crippen LogP contribution in [0.15, 0.2) is 107 Å². The van der Waals surface area contributed by atoms with Crippen LogP contribution < -0.4 is 4.57 Å². The first-order valence-electron chi connectivity index (χ1n) is 12.8. The number of aromatic nitrogens is 1. The first kappa shape index (κ1) is 22.8. The molecule has 0 aliphatic carbocycles. The third-order valence-corrected chi connectivity index (χ3v) is 9.04. The molecule has 1 unspecified atom stereocenters. The van der Waals surface area contributed by atoms with Crippen LogP contribution in [0, 0.1) is 18.3 Å². The van der Waals surface area contributed by atoms with Crippen LogP contribution in [0.5, 0.6) is 0 Å². The van der Waals surface area contributed by atoms with Crippen LogP contribution in [0.2, 0.25) is 0 Å². The molecule has 1 aliphatic heterocycles. The molecule has 2 aromatic heterocycles. The van der Waals surface area contributed by atoms with E-state index in [0.717, 1.165) is 56.3 Å². The fourth-order valence-corrected chi connectivity index (χ4v) is 7.04. The Labute approximate surface area is 226 Å². The van der Waals surface area contributed by atoms with E-state index in [9.17, 15) is 5.26 Å². The highest BCUT2D eigenvalue weighted by molar-refractivity contribution is 7.99. The van der Waals surface area contributed by atoms with Gasteiger partial charge in [-0.1, -0.05) is 54.6 Å². The summed E-state index contributed by atoms with van der Waals surface area (Å²) < 4.78 is 8.83. The topological polar surface area (TPSA) is 40.8 Å². The van der Waals surface area contributed by atoms with E-state index < -0.39 is 0 Å². The van der Waals surface area contributed by atoms with Gasteiger partial charge in [-0.05, 0) is 59.9 Å². The minimum Gasteiger partial charge on any atom is -0.454 e. The summed E-state index contributed by atoms with van der Waals surface area (Å²) in [5, 5.41) is 12.6. The van der Waals surface area contributed by atoms with Crippen molar-refractivity contribution in [1.82, 2.24) is 0 Å². The van der Waals surface area contributed by atoms with Gasteiger partial charge in [0, 0.05) is 38.6 Å². The van der Waals surface area contributed by atoms with Crippen molar-refractivity contribution in [3.8, 4) is 28.5 Å². The van der Waals surface area contributed by atoms with Gasteiger partial charge in [0.05, 0.1) is 17.2 Å². The van der Waals surface area contributed by atoms with Crippen molar-refractivity contribution in [2.75, 3.05) is 0 Å². The van der Waals surface area contributed by atoms with Crippen LogP contribution in [0.3, 0.4) is 0 Å². The predicted octanol–water partition coefficient (Wildman–Crippen LogP) is 8.31. The van der Waals surface area contributed by atoms with Gasteiger partial charge in [0.2, 0.25) is 5.69 Å². The number of benzene rings is 4. The molecule has 7 rings (SSSR count). The summed E-state index contributed by atoms with van der Waals surface area (Å²) in [6, 6.07) is 34.2. The van der Waals surface area contributed by atoms with Crippen molar-refractivity contribution >= 4 is 33.7 Å². The molecular formula is C34H25N2OS+. The predicted molar refractivity (Wildman–Crippen MR) is 154 cm³/mol. The highest BCUT2D eigenvalue weighted by atomic mass is 32.2. The smallest absolute Gasteiger partial charge is 0.216 e. The van der Waals surface area contributed by atoms with Crippen molar-refractivity contribution in [3.63, 3.8) is 0 Å². The van der Waals surface area contributed by atoms with Gasteiger partial charge in [0.25, 0.3) is 0 Å². The highest BCUT2D eigenvalue weighted by Crippen LogP contribution is 2.47. The Morgan fingerprint density at radius 2 is 1.58 bits per heavy atom. The number of hydrogen-bond acceptors (Lipinski definition) is 3. The molecule has 1 aliphatic rings. The monoisotopic (exact) mass is 509 g/mol. The summed E-state index contributed by atoms with van der Waals surface area (Å²) in [5.74, 6) is 0. The molecule has 38 heavy (non-hydrogen) atoms. The van der Waals surface area contributed by atoms with Gasteiger partial charge < -0.3 is 4.42 Å². The number of aryl methyl sites for hydroxylation is 2. The van der Waals surface area contributed by atoms with E-state index in [4.69, 9.17) is 4.42 Å². The third-order valence-electron chi connectivity index (χ3n) is 7.67. The number of fused-ring (bicyclic) bond motifs is 4. The van der Waals surface area contributed by atoms with Crippen molar-refractivity contribution in [3.05, 3.63) is 119 Å². The summed E-state index contributed by atoms with van der Waals surface area (Å²) in [6.45, 7) is 2.12. The number of furan rings is 1. The van der Waals surface area contributed by atoms with Gasteiger partial charge >= 0.3 is 0 Å². The van der Waals surface area contributed by atoms with E-state index in [-0.39, 0.29) is 0 Å². The second kappa shape index (κ2) is 8.90. The normalized spacial score (nSPS) is 14.6. The van der Waals surface area contributed by atoms with Gasteiger partial charge in [-0.25, -0.2) is 4.57 Å². The Morgan fingerprint density at radius 1 is 0.842 bits per heavy atom. The van der Waals surface area contributed by atoms with E-state index in [1.54, 1.807) is 0 Å². The molecule has 0 spiro atoms. The minimum atomic E-state index is 0.413. The van der Waals surface area contributed by atoms with E-state index in [1.807, 2.05) is 30.0 Å². The molecule has 0 saturated carbocycles. The molecule has 0 bridgehead atoms. The zero-order chi connectivity index (χ0) is 25.8. The lowest BCUT2D eigenvalue weighted by Crippen LogP contribution is -2.30. The standard InChI is InChI=1S/C34H25N2OS/c1-21-10-16-26-27-17-15-25(20-35)32(34(27)37-33(26)31(21)28-8-5-6-18-36(28)2)23-13-11-22(12-14-23)30-19-24-7-3-4-9-29(24)38-30/h3-18,30H,19H2,1-2H3/q+1. The van der Waals surface area contributed by atoms with Crippen LogP contribution in [0.25, 0.3) is 44.3 Å². The zero-order valence-corrected chi connectivity index (χ0v) is 22.0. The number of thioether (sulfide) groups is 1. The largest absolute Gasteiger partial charge is 0.454 e. The van der Waals surface area contributed by atoms with Gasteiger partial charge in [-0.3, -0.25) is 0 Å². The lowest BCUT2D eigenvalue weighted by atomic mass is 9.95. The van der Waals surface area contributed by atoms with Crippen LogP contribution in [0.1, 0.15) is 27.5 Å². The first-order valence-corrected chi connectivity index (χ1v) is 13.7. The number of rotatable bonds is 3. The Bertz CT molecular complexity index is 1890. The first-order chi connectivity index (χ1) is 18.6. The van der Waals surface area contributed by atoms with E-state index in [1.165, 1.54) is 16.0 Å². The van der Waals surface area contributed by atoms with Gasteiger partial charge in [0.1, 0.15) is 18.2 Å². The molecule has 182 valence electrons. The molecule has 0 N–H and O–H groups in total. The molecule has 3 nitrogen and oxygen atoms in total. The van der Waals surface area contributed by atoms with Crippen molar-refractivity contribution in [2.45, 2.75) is 23.5 Å². The number of nitrogens with zero attached hydrogens (tertiary/aromatic N) is 2. The Kier molecular flexibility index (Phi) is 5.35. The number of hydrogen-bond donors (Lipinski definition) is 0. The van der Waals surface area contributed by atoms with Gasteiger partial charge in [-0.2, -0.15) is 5.26 Å². The van der Waals surface area contributed by atoms with Crippen molar-refractivity contribution in [1.29, 1.82) is 5.26 Å². The van der Waals surface area contributed by atoms with Gasteiger partial charge in [0.15, 0.2) is 6.20 Å². The molecule has 4 aromatic carbocycles. The van der Waals surface area contributed by atoms with E-state index in [0.29, 0.717) is 10.8 Å². The van der Waals surface area contributed by atoms with Gasteiger partial charge in [-0.15, -0.1) is 11.8 Å². The maximum atomic E-state index is 10.1. The van der Waals surface area contributed by atoms with Crippen molar-refractivity contribution < 1.29 is 8.98 Å². The Hall–Kier alpha value is -4.33. The molecule has 0 fully saturated rings. The minimum absolute atomic E-state index is 0.413. The maximum Gasteiger partial charge on any atom is 0.216 e. The second-order valence-corrected chi connectivity index (χ2v) is 11.2. The summed E-state index contributed by atoms with van der Waals surface area (Å²) >= 11 is 1.93. The maximum absolute atomic E-state index is 10.1. The van der Waals surface area contributed by atoms with Crippen LogP contribution in [-0.4, -0.2) is 0 Å². The Balaban J connectivity index is 1.38. The summed E-state index contributed by atoms with van der Waals surface area (Å²) in [5.41, 5.74) is 10.2. The summed E-state index contributed by atoms with van der Waals surface area (Å²) in [6.07, 6.45) is 3.10. The molecule has 3 heterocycles. The van der Waals surface area contributed by atoms with Crippen LogP contribution in [0.4, 0.5) is 0 Å². The molecule has 6 aromatic rings. The summed E-state index contributed by atoms with van der Waals surface area (Å²) in [7, 11) is 2.05. The molecule has 1 atom stereocenters. The van der Waals surface area contributed by atoms with Crippen LogP contribution >= 0.6 is 11.8 Å². The third kappa shape index (κ3) is 3.55. The fourth-order valence-electron chi connectivity index (χ4n) is 5.72. The molecule has 0 saturated heterocycles. The van der Waals surface area contributed by atoms with Crippen LogP contribution in [-0.2, 0) is 13.5 Å². The average Bonchev–Trinajstić information content (AvgIpc) is 3.55. The van der Waals surface area contributed by atoms with E-state index in [2.05, 4.69) is 104 Å². The quantitative estimate of drug-likeness (QED) is 0.225. The number of nitriles is 1. The lowest BCUT2D eigenvalue weighted by Gasteiger charge is -2.11. The molecular weight excluding hydrogens is 484 g/mol. The highest BCUT2D eigenvalue weighted by Gasteiger charge is 2.25. The van der Waals surface area contributed by atoms with Crippen molar-refractivity contribution in [2.24, 2.45) is 7.05 Å².